The summed E-state index contributed by atoms with van der Waals surface area (Å²) in [6, 6.07) is 7.39. The van der Waals surface area contributed by atoms with Gasteiger partial charge in [-0.2, -0.15) is 0 Å². The summed E-state index contributed by atoms with van der Waals surface area (Å²) < 4.78 is 5.83. The number of hydrogen-bond donors (Lipinski definition) is 2. The van der Waals surface area contributed by atoms with Crippen molar-refractivity contribution in [3.8, 4) is 5.88 Å². The van der Waals surface area contributed by atoms with E-state index in [1.54, 1.807) is 0 Å². The van der Waals surface area contributed by atoms with Crippen molar-refractivity contribution in [3.63, 3.8) is 0 Å². The van der Waals surface area contributed by atoms with Crippen molar-refractivity contribution in [2.75, 3.05) is 27.2 Å². The molecule has 0 radical (unpaired) electrons. The molecule has 0 fully saturated rings. The molecular weight excluding hydrogens is 432 g/mol. The van der Waals surface area contributed by atoms with Gasteiger partial charge < -0.3 is 19.8 Å². The first-order valence-electron chi connectivity index (χ1n) is 10.2. The maximum Gasteiger partial charge on any atom is 0.328 e. The average Bonchev–Trinajstić information content (AvgIpc) is 3.26. The molecule has 8 nitrogen and oxygen atoms in total. The van der Waals surface area contributed by atoms with E-state index >= 15 is 0 Å². The number of hydrogen-bond acceptors (Lipinski definition) is 7. The van der Waals surface area contributed by atoms with Crippen LogP contribution in [0.4, 0.5) is 0 Å². The molecule has 174 valence electrons. The zero-order valence-corrected chi connectivity index (χ0v) is 19.4. The van der Waals surface area contributed by atoms with E-state index < -0.39 is 11.9 Å². The van der Waals surface area contributed by atoms with E-state index in [9.17, 15) is 14.4 Å². The van der Waals surface area contributed by atoms with Crippen LogP contribution in [-0.4, -0.2) is 65.1 Å². The monoisotopic (exact) mass is 462 g/mol. The lowest BCUT2D eigenvalue weighted by molar-refractivity contribution is -0.134. The molecule has 2 rings (SSSR count). The van der Waals surface area contributed by atoms with Gasteiger partial charge in [0.05, 0.1) is 17.0 Å². The van der Waals surface area contributed by atoms with Gasteiger partial charge >= 0.3 is 11.9 Å². The molecule has 2 aromatic heterocycles. The molecule has 2 heterocycles. The van der Waals surface area contributed by atoms with Crippen molar-refractivity contribution < 1.29 is 29.3 Å². The number of ketones is 1. The molecule has 2 N–H and O–H groups in total. The lowest BCUT2D eigenvalue weighted by Crippen LogP contribution is -2.12. The highest BCUT2D eigenvalue weighted by molar-refractivity contribution is 7.12. The molecule has 0 atom stereocenters. The number of carboxylic acids is 2. The molecule has 0 saturated heterocycles. The standard InChI is InChI=1S/C19H26N2O2S.C4H4O4/c1-15-10-11-16(18(22)17-9-8-14-24-17)19(20-15)23-13-7-5-4-6-12-21(2)3;5-3(6)1-2-4(7)8/h8-11,14H,4-7,12-13H2,1-3H3;1-2H,(H,5,6)(H,7,8). The number of rotatable bonds is 12. The summed E-state index contributed by atoms with van der Waals surface area (Å²) in [4.78, 5) is 39.0. The zero-order chi connectivity index (χ0) is 23.9. The molecule has 32 heavy (non-hydrogen) atoms. The van der Waals surface area contributed by atoms with Crippen molar-refractivity contribution >= 4 is 29.1 Å². The van der Waals surface area contributed by atoms with Crippen molar-refractivity contribution in [1.82, 2.24) is 9.88 Å². The molecule has 0 saturated carbocycles. The number of unbranched alkanes of at least 4 members (excludes halogenated alkanes) is 3. The zero-order valence-electron chi connectivity index (χ0n) is 18.6. The van der Waals surface area contributed by atoms with Gasteiger partial charge in [-0.25, -0.2) is 14.6 Å². The first-order valence-corrected chi connectivity index (χ1v) is 11.1. The first kappa shape index (κ1) is 27.0. The highest BCUT2D eigenvalue weighted by Crippen LogP contribution is 2.23. The van der Waals surface area contributed by atoms with Crippen LogP contribution in [0.15, 0.2) is 41.8 Å². The maximum absolute atomic E-state index is 12.6. The Balaban J connectivity index is 0.000000547. The van der Waals surface area contributed by atoms with Gasteiger partial charge in [0.1, 0.15) is 0 Å². The highest BCUT2D eigenvalue weighted by Gasteiger charge is 2.17. The van der Waals surface area contributed by atoms with E-state index in [0.717, 1.165) is 25.1 Å². The van der Waals surface area contributed by atoms with E-state index in [-0.39, 0.29) is 5.78 Å². The summed E-state index contributed by atoms with van der Waals surface area (Å²) in [6.07, 6.45) is 5.63. The summed E-state index contributed by atoms with van der Waals surface area (Å²) in [5, 5.41) is 17.5. The van der Waals surface area contributed by atoms with Crippen LogP contribution >= 0.6 is 11.3 Å². The second kappa shape index (κ2) is 14.9. The molecule has 0 amide bonds. The van der Waals surface area contributed by atoms with Crippen molar-refractivity contribution in [2.24, 2.45) is 0 Å². The average molecular weight is 463 g/mol. The Kier molecular flexibility index (Phi) is 12.5. The number of pyridine rings is 1. The van der Waals surface area contributed by atoms with Gasteiger partial charge in [-0.15, -0.1) is 11.3 Å². The summed E-state index contributed by atoms with van der Waals surface area (Å²) in [5.41, 5.74) is 1.41. The molecule has 2 aromatic rings. The number of aromatic nitrogens is 1. The van der Waals surface area contributed by atoms with E-state index in [0.29, 0.717) is 35.1 Å². The van der Waals surface area contributed by atoms with Gasteiger partial charge in [0.2, 0.25) is 11.7 Å². The van der Waals surface area contributed by atoms with Crippen molar-refractivity contribution in [2.45, 2.75) is 32.6 Å². The summed E-state index contributed by atoms with van der Waals surface area (Å²) in [7, 11) is 4.19. The quantitative estimate of drug-likeness (QED) is 0.277. The van der Waals surface area contributed by atoms with Gasteiger partial charge in [-0.3, -0.25) is 4.79 Å². The SMILES string of the molecule is Cc1ccc(C(=O)c2cccs2)c(OCCCCCCN(C)C)n1.O=C(O)C=CC(=O)O. The minimum Gasteiger partial charge on any atom is -0.478 e. The molecular formula is C23H30N2O6S. The topological polar surface area (TPSA) is 117 Å². The van der Waals surface area contributed by atoms with Crippen LogP contribution in [0.5, 0.6) is 5.88 Å². The van der Waals surface area contributed by atoms with Crippen LogP contribution in [-0.2, 0) is 9.59 Å². The number of aryl methyl sites for hydroxylation is 1. The fourth-order valence-electron chi connectivity index (χ4n) is 2.55. The molecule has 0 aliphatic rings. The number of thiophene rings is 1. The van der Waals surface area contributed by atoms with E-state index in [4.69, 9.17) is 14.9 Å². The van der Waals surface area contributed by atoms with Crippen LogP contribution in [0.2, 0.25) is 0 Å². The van der Waals surface area contributed by atoms with Crippen LogP contribution in [0.3, 0.4) is 0 Å². The maximum atomic E-state index is 12.6. The lowest BCUT2D eigenvalue weighted by Gasteiger charge is -2.11. The van der Waals surface area contributed by atoms with Crippen LogP contribution in [0, 0.1) is 6.92 Å². The summed E-state index contributed by atoms with van der Waals surface area (Å²) >= 11 is 1.44. The van der Waals surface area contributed by atoms with Crippen molar-refractivity contribution in [3.05, 3.63) is 57.9 Å². The Morgan fingerprint density at radius 3 is 2.25 bits per heavy atom. The van der Waals surface area contributed by atoms with Gasteiger partial charge in [-0.05, 0) is 64.0 Å². The Morgan fingerprint density at radius 1 is 1.03 bits per heavy atom. The number of ether oxygens (including phenoxy) is 1. The fourth-order valence-corrected chi connectivity index (χ4v) is 3.23. The largest absolute Gasteiger partial charge is 0.478 e. The van der Waals surface area contributed by atoms with Gasteiger partial charge in [0.25, 0.3) is 0 Å². The molecule has 0 aliphatic carbocycles. The highest BCUT2D eigenvalue weighted by atomic mass is 32.1. The van der Waals surface area contributed by atoms with Crippen molar-refractivity contribution in [1.29, 1.82) is 0 Å². The van der Waals surface area contributed by atoms with E-state index in [1.807, 2.05) is 36.6 Å². The van der Waals surface area contributed by atoms with Gasteiger partial charge in [0.15, 0.2) is 0 Å². The molecule has 0 spiro atoms. The summed E-state index contributed by atoms with van der Waals surface area (Å²) in [5.74, 6) is -2.07. The Bertz CT molecular complexity index is 878. The van der Waals surface area contributed by atoms with Gasteiger partial charge in [0, 0.05) is 17.8 Å². The third-order valence-corrected chi connectivity index (χ3v) is 4.96. The number of carboxylic acid groups (broad SMARTS) is 2. The minimum atomic E-state index is -1.26. The predicted octanol–water partition coefficient (Wildman–Crippen LogP) is 3.90. The third-order valence-electron chi connectivity index (χ3n) is 4.10. The predicted molar refractivity (Wildman–Crippen MR) is 124 cm³/mol. The molecule has 9 heteroatoms. The number of carbonyl (C=O) groups is 3. The minimum absolute atomic E-state index is 0.0153. The van der Waals surface area contributed by atoms with Crippen LogP contribution in [0.25, 0.3) is 0 Å². The number of nitrogens with zero attached hydrogens (tertiary/aromatic N) is 2. The second-order valence-corrected chi connectivity index (χ2v) is 8.14. The third kappa shape index (κ3) is 11.4. The van der Waals surface area contributed by atoms with Gasteiger partial charge in [-0.1, -0.05) is 18.9 Å². The van der Waals surface area contributed by atoms with E-state index in [1.165, 1.54) is 24.2 Å². The van der Waals surface area contributed by atoms with E-state index in [2.05, 4.69) is 24.0 Å². The molecule has 0 bridgehead atoms. The Labute approximate surface area is 192 Å². The number of carbonyl (C=O) groups excluding carboxylic acids is 1. The number of aliphatic carboxylic acids is 2. The Hall–Kier alpha value is -3.04. The summed E-state index contributed by atoms with van der Waals surface area (Å²) in [6.45, 7) is 3.64. The fraction of sp³-hybridized carbons (Fsp3) is 0.391. The van der Waals surface area contributed by atoms with Crippen LogP contribution < -0.4 is 4.74 Å². The first-order chi connectivity index (χ1) is 15.2. The molecule has 0 unspecified atom stereocenters. The van der Waals surface area contributed by atoms with Crippen LogP contribution in [0.1, 0.15) is 46.6 Å². The second-order valence-electron chi connectivity index (χ2n) is 7.19. The molecule has 0 aromatic carbocycles. The Morgan fingerprint density at radius 2 is 1.69 bits per heavy atom. The smallest absolute Gasteiger partial charge is 0.328 e. The molecule has 0 aliphatic heterocycles. The lowest BCUT2D eigenvalue weighted by atomic mass is 10.1. The normalized spacial score (nSPS) is 10.6.